The molecule has 0 saturated heterocycles. The van der Waals surface area contributed by atoms with Crippen molar-refractivity contribution in [3.05, 3.63) is 18.9 Å². The van der Waals surface area contributed by atoms with E-state index in [1.165, 1.54) is 26.5 Å². The van der Waals surface area contributed by atoms with Crippen LogP contribution < -0.4 is 0 Å². The van der Waals surface area contributed by atoms with Crippen LogP contribution in [0.1, 0.15) is 13.8 Å². The zero-order valence-electron chi connectivity index (χ0n) is 7.19. The monoisotopic (exact) mass is 280 g/mol. The van der Waals surface area contributed by atoms with Gasteiger partial charge < -0.3 is 14.6 Å². The summed E-state index contributed by atoms with van der Waals surface area (Å²) >= 11 is 0. The molecule has 1 aromatic rings. The van der Waals surface area contributed by atoms with E-state index in [0.717, 1.165) is 0 Å². The summed E-state index contributed by atoms with van der Waals surface area (Å²) in [6.07, 6.45) is 4.47. The molecular formula is C7H11AgNO4. The number of carboxylic acids is 1. The van der Waals surface area contributed by atoms with Gasteiger partial charge in [0.1, 0.15) is 6.26 Å². The number of aliphatic carboxylic acids is 1. The Labute approximate surface area is 91.3 Å². The van der Waals surface area contributed by atoms with Crippen LogP contribution in [0.15, 0.2) is 23.3 Å². The average molecular weight is 281 g/mol. The molecule has 0 unspecified atom stereocenters. The maximum absolute atomic E-state index is 9.77. The Morgan fingerprint density at radius 2 is 2.00 bits per heavy atom. The second-order valence-corrected chi connectivity index (χ2v) is 2.54. The van der Waals surface area contributed by atoms with E-state index < -0.39 is 11.6 Å². The number of nitrogens with zero attached hydrogens (tertiary/aromatic N) is 1. The molecule has 79 valence electrons. The van der Waals surface area contributed by atoms with Gasteiger partial charge >= 0.3 is 5.97 Å². The van der Waals surface area contributed by atoms with Crippen LogP contribution in [-0.2, 0) is 27.2 Å². The molecular weight excluding hydrogens is 270 g/mol. The fourth-order valence-corrected chi connectivity index (χ4v) is 0.176. The van der Waals surface area contributed by atoms with E-state index in [1.54, 1.807) is 6.20 Å². The van der Waals surface area contributed by atoms with Gasteiger partial charge in [-0.1, -0.05) is 0 Å². The van der Waals surface area contributed by atoms with Crippen molar-refractivity contribution < 1.29 is 41.8 Å². The van der Waals surface area contributed by atoms with Gasteiger partial charge in [-0.25, -0.2) is 9.78 Å². The zero-order chi connectivity index (χ0) is 9.61. The fraction of sp³-hybridized carbons (Fsp3) is 0.429. The van der Waals surface area contributed by atoms with Crippen LogP contribution in [0.2, 0.25) is 0 Å². The Morgan fingerprint density at radius 3 is 2.08 bits per heavy atom. The molecule has 0 aliphatic heterocycles. The Bertz CT molecular complexity index is 200. The van der Waals surface area contributed by atoms with Gasteiger partial charge in [0.2, 0.25) is 0 Å². The first-order chi connectivity index (χ1) is 5.44. The van der Waals surface area contributed by atoms with Crippen LogP contribution >= 0.6 is 0 Å². The van der Waals surface area contributed by atoms with Crippen LogP contribution in [-0.4, -0.2) is 26.8 Å². The molecule has 0 aliphatic rings. The molecule has 0 fully saturated rings. The summed E-state index contributed by atoms with van der Waals surface area (Å²) in [5, 5.41) is 16.5. The van der Waals surface area contributed by atoms with Crippen LogP contribution in [0.4, 0.5) is 0 Å². The molecule has 0 amide bonds. The van der Waals surface area contributed by atoms with Gasteiger partial charge in [0.15, 0.2) is 12.0 Å². The van der Waals surface area contributed by atoms with E-state index in [2.05, 4.69) is 9.40 Å². The largest absolute Gasteiger partial charge is 0.479 e. The predicted molar refractivity (Wildman–Crippen MR) is 40.4 cm³/mol. The molecule has 0 spiro atoms. The van der Waals surface area contributed by atoms with Crippen molar-refractivity contribution in [3.63, 3.8) is 0 Å². The molecule has 1 radical (unpaired) electrons. The molecule has 13 heavy (non-hydrogen) atoms. The first-order valence-electron chi connectivity index (χ1n) is 3.22. The van der Waals surface area contributed by atoms with Crippen LogP contribution in [0.3, 0.4) is 0 Å². The summed E-state index contributed by atoms with van der Waals surface area (Å²) in [6.45, 7) is 2.44. The maximum Gasteiger partial charge on any atom is 0.335 e. The van der Waals surface area contributed by atoms with Crippen molar-refractivity contribution in [1.82, 2.24) is 4.98 Å². The molecule has 1 heterocycles. The molecule has 0 atom stereocenters. The fourth-order valence-electron chi connectivity index (χ4n) is 0.176. The van der Waals surface area contributed by atoms with Gasteiger partial charge in [0.05, 0.1) is 6.20 Å². The van der Waals surface area contributed by atoms with Gasteiger partial charge in [-0.15, -0.1) is 0 Å². The third-order valence-electron chi connectivity index (χ3n) is 0.871. The molecule has 0 saturated carbocycles. The number of rotatable bonds is 1. The standard InChI is InChI=1S/C4H8O3.C3H3NO.Ag/c1-4(2,7)3(5)6;1-2-5-3-4-1;/h7H,1-2H3,(H,5,6);1-3H;. The van der Waals surface area contributed by atoms with Gasteiger partial charge in [-0.3, -0.25) is 0 Å². The number of aliphatic hydroxyl groups is 1. The van der Waals surface area contributed by atoms with Crippen molar-refractivity contribution >= 4 is 5.97 Å². The molecule has 0 aliphatic carbocycles. The summed E-state index contributed by atoms with van der Waals surface area (Å²) in [7, 11) is 0. The van der Waals surface area contributed by atoms with Crippen molar-refractivity contribution in [2.75, 3.05) is 0 Å². The van der Waals surface area contributed by atoms with Crippen molar-refractivity contribution in [2.24, 2.45) is 0 Å². The Balaban J connectivity index is 0. The molecule has 0 bridgehead atoms. The first-order valence-corrected chi connectivity index (χ1v) is 3.22. The number of carbonyl (C=O) groups is 1. The minimum atomic E-state index is -1.58. The first kappa shape index (κ1) is 14.9. The summed E-state index contributed by atoms with van der Waals surface area (Å²) in [5.74, 6) is -1.20. The third kappa shape index (κ3) is 9.29. The van der Waals surface area contributed by atoms with E-state index in [9.17, 15) is 4.79 Å². The molecule has 0 aromatic carbocycles. The third-order valence-corrected chi connectivity index (χ3v) is 0.871. The van der Waals surface area contributed by atoms with Gasteiger partial charge in [0.25, 0.3) is 0 Å². The minimum Gasteiger partial charge on any atom is -0.479 e. The van der Waals surface area contributed by atoms with Crippen molar-refractivity contribution in [3.8, 4) is 0 Å². The SMILES string of the molecule is CC(C)(O)C(=O)O.[Ag].c1cocn1. The normalized spacial score (nSPS) is 9.15. The number of oxazole rings is 1. The number of carboxylic acid groups (broad SMARTS) is 1. The topological polar surface area (TPSA) is 83.6 Å². The number of hydrogen-bond donors (Lipinski definition) is 2. The van der Waals surface area contributed by atoms with E-state index >= 15 is 0 Å². The quantitative estimate of drug-likeness (QED) is 0.733. The van der Waals surface area contributed by atoms with Gasteiger partial charge in [-0.2, -0.15) is 0 Å². The average Bonchev–Trinajstić information content (AvgIpc) is 2.39. The number of hydrogen-bond acceptors (Lipinski definition) is 4. The van der Waals surface area contributed by atoms with E-state index in [0.29, 0.717) is 0 Å². The van der Waals surface area contributed by atoms with Gasteiger partial charge in [0, 0.05) is 22.4 Å². The maximum atomic E-state index is 9.77. The second-order valence-electron chi connectivity index (χ2n) is 2.54. The Kier molecular flexibility index (Phi) is 7.84. The molecule has 6 heteroatoms. The predicted octanol–water partition coefficient (Wildman–Crippen LogP) is 0.514. The van der Waals surface area contributed by atoms with Crippen molar-refractivity contribution in [2.45, 2.75) is 19.4 Å². The smallest absolute Gasteiger partial charge is 0.335 e. The molecule has 1 rings (SSSR count). The molecule has 1 aromatic heterocycles. The zero-order valence-corrected chi connectivity index (χ0v) is 8.67. The van der Waals surface area contributed by atoms with Crippen LogP contribution in [0.5, 0.6) is 0 Å². The van der Waals surface area contributed by atoms with Gasteiger partial charge in [-0.05, 0) is 13.8 Å². The minimum absolute atomic E-state index is 0. The summed E-state index contributed by atoms with van der Waals surface area (Å²) in [6, 6.07) is 0. The summed E-state index contributed by atoms with van der Waals surface area (Å²) in [5.41, 5.74) is -1.58. The Hall–Kier alpha value is -0.620. The molecule has 2 N–H and O–H groups in total. The van der Waals surface area contributed by atoms with Crippen LogP contribution in [0, 0.1) is 0 Å². The van der Waals surface area contributed by atoms with E-state index in [-0.39, 0.29) is 22.4 Å². The van der Waals surface area contributed by atoms with Crippen LogP contribution in [0.25, 0.3) is 0 Å². The summed E-state index contributed by atoms with van der Waals surface area (Å²) in [4.78, 5) is 13.3. The molecule has 5 nitrogen and oxygen atoms in total. The number of aromatic nitrogens is 1. The van der Waals surface area contributed by atoms with Crippen molar-refractivity contribution in [1.29, 1.82) is 0 Å². The van der Waals surface area contributed by atoms with E-state index in [1.807, 2.05) is 0 Å². The second kappa shape index (κ2) is 6.85. The Morgan fingerprint density at radius 1 is 1.54 bits per heavy atom. The van der Waals surface area contributed by atoms with E-state index in [4.69, 9.17) is 10.2 Å². The summed E-state index contributed by atoms with van der Waals surface area (Å²) < 4.78 is 4.47.